The van der Waals surface area contributed by atoms with Crippen molar-refractivity contribution in [3.05, 3.63) is 40.7 Å². The van der Waals surface area contributed by atoms with Crippen LogP contribution in [0.3, 0.4) is 0 Å². The minimum absolute atomic E-state index is 0.335. The van der Waals surface area contributed by atoms with E-state index >= 15 is 0 Å². The molecule has 0 atom stereocenters. The monoisotopic (exact) mass is 277 g/mol. The Morgan fingerprint density at radius 1 is 1.42 bits per heavy atom. The second kappa shape index (κ2) is 5.79. The lowest BCUT2D eigenvalue weighted by molar-refractivity contribution is 0.0605. The van der Waals surface area contributed by atoms with Gasteiger partial charge in [0, 0.05) is 26.0 Å². The summed E-state index contributed by atoms with van der Waals surface area (Å²) in [6.45, 7) is 2.53. The molecule has 0 bridgehead atoms. The molecule has 0 saturated carbocycles. The number of hydrogen-bond acceptors (Lipinski definition) is 6. The van der Waals surface area contributed by atoms with Crippen LogP contribution >= 0.6 is 11.3 Å². The molecule has 19 heavy (non-hydrogen) atoms. The maximum absolute atomic E-state index is 11.5. The van der Waals surface area contributed by atoms with E-state index in [2.05, 4.69) is 9.97 Å². The molecule has 0 N–H and O–H groups in total. The zero-order chi connectivity index (χ0) is 13.8. The summed E-state index contributed by atoms with van der Waals surface area (Å²) >= 11 is 1.34. The number of hydrogen-bond donors (Lipinski definition) is 0. The van der Waals surface area contributed by atoms with E-state index in [1.807, 2.05) is 31.0 Å². The minimum atomic E-state index is -0.335. The molecule has 5 nitrogen and oxygen atoms in total. The number of carbonyl (C=O) groups is 1. The normalized spacial score (nSPS) is 10.3. The van der Waals surface area contributed by atoms with E-state index < -0.39 is 0 Å². The van der Waals surface area contributed by atoms with Gasteiger partial charge in [0.05, 0.1) is 12.8 Å². The van der Waals surface area contributed by atoms with Crippen molar-refractivity contribution in [2.24, 2.45) is 0 Å². The summed E-state index contributed by atoms with van der Waals surface area (Å²) in [6, 6.07) is 3.91. The Labute approximate surface area is 115 Å². The fourth-order valence-corrected chi connectivity index (χ4v) is 2.60. The van der Waals surface area contributed by atoms with Gasteiger partial charge in [-0.05, 0) is 24.6 Å². The maximum Gasteiger partial charge on any atom is 0.350 e. The van der Waals surface area contributed by atoms with Crippen LogP contribution in [0.25, 0.3) is 0 Å². The van der Waals surface area contributed by atoms with Gasteiger partial charge in [-0.2, -0.15) is 0 Å². The predicted octanol–water partition coefficient (Wildman–Crippen LogP) is 2.27. The molecule has 0 amide bonds. The van der Waals surface area contributed by atoms with Crippen molar-refractivity contribution in [3.8, 4) is 0 Å². The molecule has 2 heterocycles. The molecule has 0 aliphatic rings. The highest BCUT2D eigenvalue weighted by Crippen LogP contribution is 2.26. The molecule has 0 spiro atoms. The Morgan fingerprint density at radius 3 is 2.74 bits per heavy atom. The van der Waals surface area contributed by atoms with E-state index in [9.17, 15) is 4.79 Å². The first-order valence-corrected chi connectivity index (χ1v) is 6.59. The second-order valence-electron chi connectivity index (χ2n) is 4.11. The van der Waals surface area contributed by atoms with Crippen molar-refractivity contribution in [3.63, 3.8) is 0 Å². The molecule has 6 heteroatoms. The van der Waals surface area contributed by atoms with Gasteiger partial charge in [-0.1, -0.05) is 11.3 Å². The van der Waals surface area contributed by atoms with Crippen LogP contribution in [0.15, 0.2) is 24.5 Å². The molecule has 0 saturated heterocycles. The fraction of sp³-hybridized carbons (Fsp3) is 0.308. The van der Waals surface area contributed by atoms with Crippen molar-refractivity contribution >= 4 is 22.4 Å². The summed E-state index contributed by atoms with van der Waals surface area (Å²) in [6.07, 6.45) is 3.52. The number of rotatable bonds is 4. The van der Waals surface area contributed by atoms with E-state index in [0.29, 0.717) is 10.6 Å². The lowest BCUT2D eigenvalue weighted by Crippen LogP contribution is -2.16. The molecule has 0 aliphatic carbocycles. The number of carbonyl (C=O) groups excluding carboxylic acids is 1. The number of pyridine rings is 1. The van der Waals surface area contributed by atoms with Gasteiger partial charge in [0.1, 0.15) is 4.88 Å². The number of anilines is 1. The average molecular weight is 277 g/mol. The van der Waals surface area contributed by atoms with Crippen molar-refractivity contribution in [2.45, 2.75) is 13.5 Å². The summed E-state index contributed by atoms with van der Waals surface area (Å²) < 4.78 is 4.73. The second-order valence-corrected chi connectivity index (χ2v) is 5.09. The van der Waals surface area contributed by atoms with Crippen LogP contribution in [0, 0.1) is 6.92 Å². The quantitative estimate of drug-likeness (QED) is 0.802. The van der Waals surface area contributed by atoms with Gasteiger partial charge in [-0.25, -0.2) is 9.78 Å². The van der Waals surface area contributed by atoms with E-state index in [-0.39, 0.29) is 5.97 Å². The van der Waals surface area contributed by atoms with Gasteiger partial charge in [0.25, 0.3) is 0 Å². The number of thiazole rings is 1. The predicted molar refractivity (Wildman–Crippen MR) is 74.5 cm³/mol. The first kappa shape index (κ1) is 13.5. The SMILES string of the molecule is COC(=O)c1sc(N(C)Cc2ccncc2)nc1C. The van der Waals surface area contributed by atoms with Crippen LogP contribution in [-0.2, 0) is 11.3 Å². The van der Waals surface area contributed by atoms with Crippen LogP contribution in [0.2, 0.25) is 0 Å². The number of esters is 1. The van der Waals surface area contributed by atoms with E-state index in [1.165, 1.54) is 18.4 Å². The van der Waals surface area contributed by atoms with Gasteiger partial charge >= 0.3 is 5.97 Å². The molecule has 0 aliphatic heterocycles. The number of aromatic nitrogens is 2. The van der Waals surface area contributed by atoms with Crippen LogP contribution in [-0.4, -0.2) is 30.1 Å². The zero-order valence-corrected chi connectivity index (χ0v) is 11.9. The Kier molecular flexibility index (Phi) is 4.11. The molecule has 0 fully saturated rings. The van der Waals surface area contributed by atoms with Crippen LogP contribution in [0.5, 0.6) is 0 Å². The number of nitrogens with zero attached hydrogens (tertiary/aromatic N) is 3. The summed E-state index contributed by atoms with van der Waals surface area (Å²) in [4.78, 5) is 22.5. The van der Waals surface area contributed by atoms with Crippen molar-refractivity contribution in [2.75, 3.05) is 19.1 Å². The first-order chi connectivity index (χ1) is 9.11. The molecule has 2 aromatic heterocycles. The van der Waals surface area contributed by atoms with Gasteiger partial charge in [-0.15, -0.1) is 0 Å². The van der Waals surface area contributed by atoms with Crippen molar-refractivity contribution in [1.29, 1.82) is 0 Å². The molecular weight excluding hydrogens is 262 g/mol. The van der Waals surface area contributed by atoms with Gasteiger partial charge in [0.2, 0.25) is 0 Å². The summed E-state index contributed by atoms with van der Waals surface area (Å²) in [7, 11) is 3.32. The number of methoxy groups -OCH3 is 1. The topological polar surface area (TPSA) is 55.3 Å². The van der Waals surface area contributed by atoms with E-state index in [4.69, 9.17) is 4.74 Å². The molecule has 2 aromatic rings. The van der Waals surface area contributed by atoms with Crippen molar-refractivity contribution < 1.29 is 9.53 Å². The lowest BCUT2D eigenvalue weighted by atomic mass is 10.2. The third-order valence-corrected chi connectivity index (χ3v) is 3.90. The Morgan fingerprint density at radius 2 is 2.11 bits per heavy atom. The summed E-state index contributed by atoms with van der Waals surface area (Å²) in [5.41, 5.74) is 1.85. The highest BCUT2D eigenvalue weighted by molar-refractivity contribution is 7.17. The first-order valence-electron chi connectivity index (χ1n) is 5.77. The standard InChI is InChI=1S/C13H15N3O2S/c1-9-11(12(17)18-3)19-13(15-9)16(2)8-10-4-6-14-7-5-10/h4-7H,8H2,1-3H3. The molecule has 0 aromatic carbocycles. The largest absolute Gasteiger partial charge is 0.465 e. The summed E-state index contributed by atoms with van der Waals surface area (Å²) in [5.74, 6) is -0.335. The van der Waals surface area contributed by atoms with Gasteiger partial charge in [0.15, 0.2) is 5.13 Å². The van der Waals surface area contributed by atoms with E-state index in [0.717, 1.165) is 17.2 Å². The average Bonchev–Trinajstić information content (AvgIpc) is 2.81. The minimum Gasteiger partial charge on any atom is -0.465 e. The maximum atomic E-state index is 11.5. The smallest absolute Gasteiger partial charge is 0.350 e. The molecule has 0 radical (unpaired) electrons. The van der Waals surface area contributed by atoms with Crippen LogP contribution in [0.1, 0.15) is 20.9 Å². The fourth-order valence-electron chi connectivity index (χ4n) is 1.66. The highest BCUT2D eigenvalue weighted by atomic mass is 32.1. The summed E-state index contributed by atoms with van der Waals surface area (Å²) in [5, 5.41) is 0.801. The van der Waals surface area contributed by atoms with Gasteiger partial charge < -0.3 is 9.64 Å². The third kappa shape index (κ3) is 3.08. The molecule has 100 valence electrons. The molecular formula is C13H15N3O2S. The Bertz CT molecular complexity index is 569. The molecule has 0 unspecified atom stereocenters. The highest BCUT2D eigenvalue weighted by Gasteiger charge is 2.17. The van der Waals surface area contributed by atoms with Crippen LogP contribution < -0.4 is 4.90 Å². The van der Waals surface area contributed by atoms with E-state index in [1.54, 1.807) is 12.4 Å². The number of ether oxygens (including phenoxy) is 1. The Hall–Kier alpha value is -1.95. The molecule has 2 rings (SSSR count). The van der Waals surface area contributed by atoms with Crippen LogP contribution in [0.4, 0.5) is 5.13 Å². The van der Waals surface area contributed by atoms with Crippen molar-refractivity contribution in [1.82, 2.24) is 9.97 Å². The van der Waals surface area contributed by atoms with Gasteiger partial charge in [-0.3, -0.25) is 4.98 Å². The third-order valence-electron chi connectivity index (χ3n) is 2.65. The number of aryl methyl sites for hydroxylation is 1. The lowest BCUT2D eigenvalue weighted by Gasteiger charge is -2.15. The Balaban J connectivity index is 2.16. The zero-order valence-electron chi connectivity index (χ0n) is 11.1.